The van der Waals surface area contributed by atoms with E-state index in [4.69, 9.17) is 0 Å². The fourth-order valence-electron chi connectivity index (χ4n) is 4.88. The summed E-state index contributed by atoms with van der Waals surface area (Å²) >= 11 is 0. The van der Waals surface area contributed by atoms with Crippen molar-refractivity contribution in [3.05, 3.63) is 0 Å². The lowest BCUT2D eigenvalue weighted by Gasteiger charge is -2.61. The van der Waals surface area contributed by atoms with E-state index in [1.165, 1.54) is 32.7 Å². The van der Waals surface area contributed by atoms with Gasteiger partial charge in [-0.25, -0.2) is 0 Å². The number of nitrogens with zero attached hydrogens (tertiary/aromatic N) is 3. The Morgan fingerprint density at radius 3 is 2.14 bits per heavy atom. The van der Waals surface area contributed by atoms with Gasteiger partial charge in [0.2, 0.25) is 0 Å². The first-order valence-corrected chi connectivity index (χ1v) is 8.77. The number of aliphatic hydroxyl groups is 1. The maximum absolute atomic E-state index is 10.1. The average Bonchev–Trinajstić information content (AvgIpc) is 2.66. The van der Waals surface area contributed by atoms with E-state index in [-0.39, 0.29) is 6.10 Å². The average molecular weight is 295 g/mol. The molecule has 4 nitrogen and oxygen atoms in total. The highest BCUT2D eigenvalue weighted by Gasteiger charge is 2.55. The predicted molar refractivity (Wildman–Crippen MR) is 86.4 cm³/mol. The summed E-state index contributed by atoms with van der Waals surface area (Å²) in [5, 5.41) is 10.1. The second kappa shape index (κ2) is 5.80. The number of piperazine rings is 1. The molecule has 0 saturated carbocycles. The Morgan fingerprint density at radius 1 is 0.952 bits per heavy atom. The van der Waals surface area contributed by atoms with Crippen LogP contribution in [0, 0.1) is 11.8 Å². The lowest BCUT2D eigenvalue weighted by atomic mass is 9.83. The van der Waals surface area contributed by atoms with Crippen LogP contribution in [-0.2, 0) is 0 Å². The van der Waals surface area contributed by atoms with Gasteiger partial charge in [-0.2, -0.15) is 0 Å². The summed E-state index contributed by atoms with van der Waals surface area (Å²) in [4.78, 5) is 7.92. The van der Waals surface area contributed by atoms with Crippen LogP contribution in [0.2, 0.25) is 0 Å². The van der Waals surface area contributed by atoms with Crippen LogP contribution in [0.1, 0.15) is 34.1 Å². The van der Waals surface area contributed by atoms with Gasteiger partial charge in [0.25, 0.3) is 0 Å². The molecule has 0 aromatic carbocycles. The smallest absolute Gasteiger partial charge is 0.0682 e. The van der Waals surface area contributed by atoms with Crippen LogP contribution in [0.5, 0.6) is 0 Å². The van der Waals surface area contributed by atoms with Crippen LogP contribution in [0.4, 0.5) is 0 Å². The van der Waals surface area contributed by atoms with Crippen molar-refractivity contribution >= 4 is 0 Å². The summed E-state index contributed by atoms with van der Waals surface area (Å²) < 4.78 is 0. The SMILES string of the molecule is CC(C)CN1CC2CC(O)CN2C2(C1)CN(CC(C)C)C2. The summed E-state index contributed by atoms with van der Waals surface area (Å²) in [6.07, 6.45) is 0.866. The van der Waals surface area contributed by atoms with Crippen molar-refractivity contribution in [3.63, 3.8) is 0 Å². The highest BCUT2D eigenvalue weighted by molar-refractivity contribution is 5.13. The molecule has 3 saturated heterocycles. The number of aliphatic hydroxyl groups excluding tert-OH is 1. The van der Waals surface area contributed by atoms with Gasteiger partial charge in [0.1, 0.15) is 0 Å². The summed E-state index contributed by atoms with van der Waals surface area (Å²) in [5.41, 5.74) is 0.324. The fraction of sp³-hybridized carbons (Fsp3) is 1.00. The number of hydrogen-bond donors (Lipinski definition) is 1. The van der Waals surface area contributed by atoms with Crippen LogP contribution >= 0.6 is 0 Å². The van der Waals surface area contributed by atoms with Crippen molar-refractivity contribution in [2.24, 2.45) is 11.8 Å². The first-order chi connectivity index (χ1) is 9.88. The molecule has 3 fully saturated rings. The highest BCUT2D eigenvalue weighted by Crippen LogP contribution is 2.39. The normalized spacial score (nSPS) is 33.9. The number of rotatable bonds is 4. The van der Waals surface area contributed by atoms with E-state index >= 15 is 0 Å². The van der Waals surface area contributed by atoms with E-state index in [0.717, 1.165) is 31.3 Å². The van der Waals surface area contributed by atoms with Crippen LogP contribution in [0.3, 0.4) is 0 Å². The first-order valence-electron chi connectivity index (χ1n) is 8.77. The molecule has 0 bridgehead atoms. The Balaban J connectivity index is 1.68. The number of hydrogen-bond acceptors (Lipinski definition) is 4. The molecular weight excluding hydrogens is 262 g/mol. The van der Waals surface area contributed by atoms with Gasteiger partial charge in [-0.3, -0.25) is 14.7 Å². The van der Waals surface area contributed by atoms with Gasteiger partial charge in [0.05, 0.1) is 11.6 Å². The maximum Gasteiger partial charge on any atom is 0.0682 e. The molecule has 0 amide bonds. The Morgan fingerprint density at radius 2 is 1.52 bits per heavy atom. The Hall–Kier alpha value is -0.160. The van der Waals surface area contributed by atoms with Gasteiger partial charge in [-0.05, 0) is 18.3 Å². The molecule has 1 N–H and O–H groups in total. The van der Waals surface area contributed by atoms with Crippen molar-refractivity contribution < 1.29 is 5.11 Å². The zero-order valence-corrected chi connectivity index (χ0v) is 14.3. The molecule has 2 atom stereocenters. The second-order valence-electron chi connectivity index (χ2n) is 8.57. The summed E-state index contributed by atoms with van der Waals surface area (Å²) in [5.74, 6) is 1.48. The van der Waals surface area contributed by atoms with Gasteiger partial charge >= 0.3 is 0 Å². The summed E-state index contributed by atoms with van der Waals surface area (Å²) in [6, 6.07) is 0.578. The summed E-state index contributed by atoms with van der Waals surface area (Å²) in [6.45, 7) is 17.3. The summed E-state index contributed by atoms with van der Waals surface area (Å²) in [7, 11) is 0. The molecule has 3 aliphatic heterocycles. The van der Waals surface area contributed by atoms with Crippen molar-refractivity contribution in [2.45, 2.75) is 51.8 Å². The second-order valence-corrected chi connectivity index (χ2v) is 8.57. The zero-order chi connectivity index (χ0) is 15.2. The Kier molecular flexibility index (Phi) is 4.34. The van der Waals surface area contributed by atoms with Crippen LogP contribution in [0.15, 0.2) is 0 Å². The molecule has 122 valence electrons. The van der Waals surface area contributed by atoms with Crippen LogP contribution in [0.25, 0.3) is 0 Å². The van der Waals surface area contributed by atoms with E-state index < -0.39 is 0 Å². The lowest BCUT2D eigenvalue weighted by Crippen LogP contribution is -2.78. The molecule has 1 spiro atoms. The first kappa shape index (κ1) is 15.7. The Labute approximate surface area is 130 Å². The monoisotopic (exact) mass is 295 g/mol. The number of β-amino-alcohol motifs (C(OH)–C–C–N with tert-alkyl or cyclic N) is 1. The fourth-order valence-corrected chi connectivity index (χ4v) is 4.88. The topological polar surface area (TPSA) is 30.0 Å². The van der Waals surface area contributed by atoms with E-state index in [9.17, 15) is 5.11 Å². The maximum atomic E-state index is 10.1. The third-order valence-electron chi connectivity index (χ3n) is 5.27. The zero-order valence-electron chi connectivity index (χ0n) is 14.3. The quantitative estimate of drug-likeness (QED) is 0.841. The third-order valence-corrected chi connectivity index (χ3v) is 5.27. The molecule has 0 aromatic rings. The van der Waals surface area contributed by atoms with Gasteiger partial charge in [-0.15, -0.1) is 0 Å². The van der Waals surface area contributed by atoms with Gasteiger partial charge in [0, 0.05) is 51.9 Å². The minimum absolute atomic E-state index is 0.106. The number of fused-ring (bicyclic) bond motifs is 2. The minimum Gasteiger partial charge on any atom is -0.392 e. The molecule has 0 aromatic heterocycles. The van der Waals surface area contributed by atoms with Crippen LogP contribution < -0.4 is 0 Å². The largest absolute Gasteiger partial charge is 0.392 e. The van der Waals surface area contributed by atoms with Crippen molar-refractivity contribution in [1.82, 2.24) is 14.7 Å². The predicted octanol–water partition coefficient (Wildman–Crippen LogP) is 1.10. The molecule has 3 aliphatic rings. The van der Waals surface area contributed by atoms with E-state index in [2.05, 4.69) is 42.4 Å². The molecule has 3 rings (SSSR count). The standard InChI is InChI=1S/C17H33N3O/c1-13(2)6-18-8-15-5-16(21)9-20(15)17(10-18)11-19(12-17)7-14(3)4/h13-16,21H,5-12H2,1-4H3. The van der Waals surface area contributed by atoms with Gasteiger partial charge in [-0.1, -0.05) is 27.7 Å². The lowest BCUT2D eigenvalue weighted by molar-refractivity contribution is -0.117. The molecule has 21 heavy (non-hydrogen) atoms. The number of likely N-dealkylation sites (tertiary alicyclic amines) is 1. The molecular formula is C17H33N3O. The minimum atomic E-state index is -0.106. The van der Waals surface area contributed by atoms with E-state index in [1.54, 1.807) is 0 Å². The van der Waals surface area contributed by atoms with E-state index in [1.807, 2.05) is 0 Å². The molecule has 0 radical (unpaired) electrons. The van der Waals surface area contributed by atoms with Crippen molar-refractivity contribution in [1.29, 1.82) is 0 Å². The molecule has 3 heterocycles. The van der Waals surface area contributed by atoms with Crippen molar-refractivity contribution in [3.8, 4) is 0 Å². The molecule has 4 heteroatoms. The van der Waals surface area contributed by atoms with Crippen LogP contribution in [-0.4, -0.2) is 83.3 Å². The molecule has 0 aliphatic carbocycles. The molecule has 2 unspecified atom stereocenters. The van der Waals surface area contributed by atoms with Gasteiger partial charge in [0.15, 0.2) is 0 Å². The highest BCUT2D eigenvalue weighted by atomic mass is 16.3. The van der Waals surface area contributed by atoms with E-state index in [0.29, 0.717) is 11.6 Å². The van der Waals surface area contributed by atoms with Gasteiger partial charge < -0.3 is 5.11 Å². The van der Waals surface area contributed by atoms with Crippen molar-refractivity contribution in [2.75, 3.05) is 45.8 Å². The third kappa shape index (κ3) is 3.14. The Bertz CT molecular complexity index is 365.